The summed E-state index contributed by atoms with van der Waals surface area (Å²) >= 11 is 5.92. The highest BCUT2D eigenvalue weighted by molar-refractivity contribution is 6.30. The first kappa shape index (κ1) is 13.4. The van der Waals surface area contributed by atoms with Crippen LogP contribution in [0.2, 0.25) is 5.02 Å². The third-order valence-electron chi connectivity index (χ3n) is 2.38. The van der Waals surface area contributed by atoms with Crippen molar-refractivity contribution >= 4 is 29.4 Å². The Kier molecular flexibility index (Phi) is 4.01. The van der Waals surface area contributed by atoms with Gasteiger partial charge in [0.15, 0.2) is 0 Å². The Bertz CT molecular complexity index is 572. The van der Waals surface area contributed by atoms with Gasteiger partial charge in [0.05, 0.1) is 0 Å². The summed E-state index contributed by atoms with van der Waals surface area (Å²) in [5.41, 5.74) is 6.68. The van der Waals surface area contributed by atoms with Crippen LogP contribution in [0.25, 0.3) is 0 Å². The third kappa shape index (κ3) is 3.69. The van der Waals surface area contributed by atoms with Crippen molar-refractivity contribution in [1.29, 1.82) is 0 Å². The first-order valence-corrected chi connectivity index (χ1v) is 6.09. The molecule has 100 valence electrons. The predicted molar refractivity (Wildman–Crippen MR) is 77.3 cm³/mol. The van der Waals surface area contributed by atoms with Crippen molar-refractivity contribution in [2.75, 3.05) is 30.0 Å². The second kappa shape index (κ2) is 5.71. The van der Waals surface area contributed by atoms with E-state index in [4.69, 9.17) is 17.3 Å². The highest BCUT2D eigenvalue weighted by atomic mass is 35.5. The molecule has 0 fully saturated rings. The van der Waals surface area contributed by atoms with Gasteiger partial charge in [0, 0.05) is 25.7 Å². The number of hydrogen-bond donors (Lipinski definition) is 2. The molecule has 3 N–H and O–H groups in total. The number of nitrogens with two attached hydrogens (primary N) is 1. The van der Waals surface area contributed by atoms with Gasteiger partial charge < -0.3 is 16.0 Å². The number of anilines is 3. The number of nitrogens with zero attached hydrogens (tertiary/aromatic N) is 4. The van der Waals surface area contributed by atoms with Crippen molar-refractivity contribution in [2.24, 2.45) is 0 Å². The maximum absolute atomic E-state index is 5.92. The smallest absolute Gasteiger partial charge is 0.231 e. The Hall–Kier alpha value is -2.08. The second-order valence-electron chi connectivity index (χ2n) is 4.20. The standard InChI is InChI=1S/C12H15ClN6/c1-19(2)12-17-10(14)16-11(18-12)15-7-8-4-3-5-9(13)6-8/h3-6H,7H2,1-2H3,(H3,14,15,16,17,18). The van der Waals surface area contributed by atoms with Crippen molar-refractivity contribution in [1.82, 2.24) is 15.0 Å². The first-order chi connectivity index (χ1) is 9.04. The fourth-order valence-corrected chi connectivity index (χ4v) is 1.70. The zero-order valence-corrected chi connectivity index (χ0v) is 11.5. The van der Waals surface area contributed by atoms with E-state index in [1.54, 1.807) is 4.90 Å². The normalized spacial score (nSPS) is 10.3. The second-order valence-corrected chi connectivity index (χ2v) is 4.63. The molecule has 1 heterocycles. The molecule has 0 unspecified atom stereocenters. The Morgan fingerprint density at radius 3 is 2.74 bits per heavy atom. The van der Waals surface area contributed by atoms with E-state index < -0.39 is 0 Å². The van der Waals surface area contributed by atoms with Crippen molar-refractivity contribution in [3.05, 3.63) is 34.9 Å². The quantitative estimate of drug-likeness (QED) is 0.887. The Balaban J connectivity index is 2.11. The van der Waals surface area contributed by atoms with E-state index in [2.05, 4.69) is 20.3 Å². The van der Waals surface area contributed by atoms with Gasteiger partial charge in [0.2, 0.25) is 17.8 Å². The lowest BCUT2D eigenvalue weighted by atomic mass is 10.2. The van der Waals surface area contributed by atoms with Crippen LogP contribution >= 0.6 is 11.6 Å². The summed E-state index contributed by atoms with van der Waals surface area (Å²) in [4.78, 5) is 14.1. The van der Waals surface area contributed by atoms with Crippen molar-refractivity contribution in [2.45, 2.75) is 6.54 Å². The maximum atomic E-state index is 5.92. The minimum Gasteiger partial charge on any atom is -0.368 e. The number of benzene rings is 1. The molecule has 0 amide bonds. The average molecular weight is 279 g/mol. The van der Waals surface area contributed by atoms with E-state index in [0.29, 0.717) is 23.5 Å². The first-order valence-electron chi connectivity index (χ1n) is 5.72. The summed E-state index contributed by atoms with van der Waals surface area (Å²) in [5, 5.41) is 3.79. The van der Waals surface area contributed by atoms with Gasteiger partial charge in [-0.2, -0.15) is 15.0 Å². The number of hydrogen-bond acceptors (Lipinski definition) is 6. The average Bonchev–Trinajstić information content (AvgIpc) is 2.36. The van der Waals surface area contributed by atoms with Gasteiger partial charge in [0.25, 0.3) is 0 Å². The van der Waals surface area contributed by atoms with Crippen LogP contribution in [-0.4, -0.2) is 29.0 Å². The van der Waals surface area contributed by atoms with Crippen molar-refractivity contribution in [3.8, 4) is 0 Å². The number of rotatable bonds is 4. The Labute approximate surface area is 116 Å². The largest absolute Gasteiger partial charge is 0.368 e. The molecule has 1 aromatic heterocycles. The highest BCUT2D eigenvalue weighted by Gasteiger charge is 2.05. The SMILES string of the molecule is CN(C)c1nc(N)nc(NCc2cccc(Cl)c2)n1. The highest BCUT2D eigenvalue weighted by Crippen LogP contribution is 2.13. The Morgan fingerprint density at radius 1 is 1.26 bits per heavy atom. The lowest BCUT2D eigenvalue weighted by Gasteiger charge is -2.12. The van der Waals surface area contributed by atoms with Crippen LogP contribution < -0.4 is 16.0 Å². The molecule has 0 bridgehead atoms. The van der Waals surface area contributed by atoms with Gasteiger partial charge >= 0.3 is 0 Å². The minimum absolute atomic E-state index is 0.187. The van der Waals surface area contributed by atoms with Gasteiger partial charge in [-0.25, -0.2) is 0 Å². The lowest BCUT2D eigenvalue weighted by molar-refractivity contribution is 0.950. The number of halogens is 1. The number of nitrogen functional groups attached to an aromatic ring is 1. The van der Waals surface area contributed by atoms with E-state index in [9.17, 15) is 0 Å². The molecule has 0 spiro atoms. The maximum Gasteiger partial charge on any atom is 0.231 e. The molecule has 0 saturated heterocycles. The molecular formula is C12H15ClN6. The fourth-order valence-electron chi connectivity index (χ4n) is 1.49. The van der Waals surface area contributed by atoms with Gasteiger partial charge in [-0.1, -0.05) is 23.7 Å². The summed E-state index contributed by atoms with van der Waals surface area (Å²) in [7, 11) is 3.69. The van der Waals surface area contributed by atoms with Crippen LogP contribution in [0.3, 0.4) is 0 Å². The molecule has 7 heteroatoms. The van der Waals surface area contributed by atoms with E-state index in [-0.39, 0.29) is 5.95 Å². The van der Waals surface area contributed by atoms with Crippen LogP contribution in [-0.2, 0) is 6.54 Å². The molecule has 0 atom stereocenters. The minimum atomic E-state index is 0.187. The number of nitrogens with one attached hydrogen (secondary N) is 1. The lowest BCUT2D eigenvalue weighted by Crippen LogP contribution is -2.16. The molecule has 2 rings (SSSR count). The Morgan fingerprint density at radius 2 is 2.05 bits per heavy atom. The third-order valence-corrected chi connectivity index (χ3v) is 2.62. The molecule has 0 aliphatic rings. The van der Waals surface area contributed by atoms with Gasteiger partial charge in [-0.3, -0.25) is 0 Å². The van der Waals surface area contributed by atoms with E-state index in [1.807, 2.05) is 38.4 Å². The van der Waals surface area contributed by atoms with Crippen LogP contribution in [0.15, 0.2) is 24.3 Å². The van der Waals surface area contributed by atoms with E-state index in [1.165, 1.54) is 0 Å². The van der Waals surface area contributed by atoms with Gasteiger partial charge in [-0.05, 0) is 17.7 Å². The summed E-state index contributed by atoms with van der Waals surface area (Å²) in [6, 6.07) is 7.57. The molecule has 0 aliphatic carbocycles. The molecule has 6 nitrogen and oxygen atoms in total. The molecule has 0 radical (unpaired) electrons. The summed E-state index contributed by atoms with van der Waals surface area (Å²) < 4.78 is 0. The zero-order chi connectivity index (χ0) is 13.8. The van der Waals surface area contributed by atoms with Gasteiger partial charge in [0.1, 0.15) is 0 Å². The van der Waals surface area contributed by atoms with Crippen LogP contribution in [0.4, 0.5) is 17.8 Å². The van der Waals surface area contributed by atoms with Crippen molar-refractivity contribution < 1.29 is 0 Å². The molecule has 19 heavy (non-hydrogen) atoms. The van der Waals surface area contributed by atoms with E-state index in [0.717, 1.165) is 5.56 Å². The van der Waals surface area contributed by atoms with Gasteiger partial charge in [-0.15, -0.1) is 0 Å². The zero-order valence-electron chi connectivity index (χ0n) is 10.8. The number of aromatic nitrogens is 3. The summed E-state index contributed by atoms with van der Waals surface area (Å²) in [6.07, 6.45) is 0. The molecule has 1 aromatic carbocycles. The van der Waals surface area contributed by atoms with Crippen LogP contribution in [0, 0.1) is 0 Å². The monoisotopic (exact) mass is 278 g/mol. The molecule has 0 aliphatic heterocycles. The molecule has 0 saturated carbocycles. The van der Waals surface area contributed by atoms with E-state index >= 15 is 0 Å². The molecule has 2 aromatic rings. The van der Waals surface area contributed by atoms with Crippen LogP contribution in [0.1, 0.15) is 5.56 Å². The van der Waals surface area contributed by atoms with Crippen LogP contribution in [0.5, 0.6) is 0 Å². The summed E-state index contributed by atoms with van der Waals surface area (Å²) in [6.45, 7) is 0.566. The topological polar surface area (TPSA) is 80.0 Å². The summed E-state index contributed by atoms with van der Waals surface area (Å²) in [5.74, 6) is 1.14. The molecular weight excluding hydrogens is 264 g/mol. The fraction of sp³-hybridized carbons (Fsp3) is 0.250. The van der Waals surface area contributed by atoms with Crippen molar-refractivity contribution in [3.63, 3.8) is 0 Å². The predicted octanol–water partition coefficient (Wildman–Crippen LogP) is 1.79.